The molecule has 0 unspecified atom stereocenters. The van der Waals surface area contributed by atoms with Gasteiger partial charge in [0.2, 0.25) is 5.76 Å². The molecule has 0 aromatic carbocycles. The molecule has 9 heteroatoms. The molecule has 4 rings (SSSR count). The standard InChI is InChI=1S/C16H22N6O3/c1-24-15-9-14(25-18-15)16(23)21-7-4-8-22-13(11-21)12(17-19-22)10-20-5-2-3-6-20/h9H,2-8,10-11H2,1H3. The molecule has 1 saturated heterocycles. The number of carbonyl (C=O) groups excluding carboxylic acids is 1. The summed E-state index contributed by atoms with van der Waals surface area (Å²) in [6, 6.07) is 1.52. The molecule has 1 amide bonds. The van der Waals surface area contributed by atoms with E-state index in [0.29, 0.717) is 19.0 Å². The summed E-state index contributed by atoms with van der Waals surface area (Å²) in [5.41, 5.74) is 1.99. The van der Waals surface area contributed by atoms with Crippen LogP contribution in [0.3, 0.4) is 0 Å². The third-order valence-electron chi connectivity index (χ3n) is 4.82. The van der Waals surface area contributed by atoms with E-state index >= 15 is 0 Å². The molecule has 2 aliphatic rings. The van der Waals surface area contributed by atoms with Gasteiger partial charge in [-0.1, -0.05) is 5.21 Å². The van der Waals surface area contributed by atoms with Crippen molar-refractivity contribution in [3.63, 3.8) is 0 Å². The maximum absolute atomic E-state index is 12.7. The smallest absolute Gasteiger partial charge is 0.292 e. The zero-order valence-electron chi connectivity index (χ0n) is 14.3. The number of rotatable bonds is 4. The molecule has 2 aliphatic heterocycles. The first-order valence-electron chi connectivity index (χ1n) is 8.68. The van der Waals surface area contributed by atoms with Crippen molar-refractivity contribution >= 4 is 5.91 Å². The quantitative estimate of drug-likeness (QED) is 0.813. The minimum absolute atomic E-state index is 0.183. The van der Waals surface area contributed by atoms with Crippen LogP contribution in [0.25, 0.3) is 0 Å². The lowest BCUT2D eigenvalue weighted by molar-refractivity contribution is 0.0702. The highest BCUT2D eigenvalue weighted by atomic mass is 16.5. The fourth-order valence-electron chi connectivity index (χ4n) is 3.45. The summed E-state index contributed by atoms with van der Waals surface area (Å²) in [5.74, 6) is 0.316. The topological polar surface area (TPSA) is 89.5 Å². The molecule has 4 heterocycles. The molecule has 1 fully saturated rings. The number of carbonyl (C=O) groups is 1. The Bertz CT molecular complexity index is 749. The van der Waals surface area contributed by atoms with E-state index in [2.05, 4.69) is 20.4 Å². The van der Waals surface area contributed by atoms with E-state index in [0.717, 1.165) is 44.0 Å². The number of hydrogen-bond donors (Lipinski definition) is 0. The fourth-order valence-corrected chi connectivity index (χ4v) is 3.45. The Kier molecular flexibility index (Phi) is 4.39. The van der Waals surface area contributed by atoms with Crippen molar-refractivity contribution in [2.24, 2.45) is 0 Å². The lowest BCUT2D eigenvalue weighted by Crippen LogP contribution is -2.31. The van der Waals surface area contributed by atoms with Gasteiger partial charge < -0.3 is 14.2 Å². The van der Waals surface area contributed by atoms with Crippen LogP contribution in [0.2, 0.25) is 0 Å². The van der Waals surface area contributed by atoms with Crippen molar-refractivity contribution in [2.45, 2.75) is 38.9 Å². The number of likely N-dealkylation sites (tertiary alicyclic amines) is 1. The predicted octanol–water partition coefficient (Wildman–Crippen LogP) is 0.917. The van der Waals surface area contributed by atoms with Crippen molar-refractivity contribution in [3.8, 4) is 5.88 Å². The molecule has 2 aromatic rings. The highest BCUT2D eigenvalue weighted by molar-refractivity contribution is 5.91. The van der Waals surface area contributed by atoms with E-state index < -0.39 is 0 Å². The third kappa shape index (κ3) is 3.23. The summed E-state index contributed by atoms with van der Waals surface area (Å²) < 4.78 is 12.0. The second kappa shape index (κ2) is 6.83. The average molecular weight is 346 g/mol. The highest BCUT2D eigenvalue weighted by Crippen LogP contribution is 2.21. The molecule has 0 N–H and O–H groups in total. The monoisotopic (exact) mass is 346 g/mol. The lowest BCUT2D eigenvalue weighted by atomic mass is 10.2. The number of hydrogen-bond acceptors (Lipinski definition) is 7. The Labute approximate surface area is 145 Å². The van der Waals surface area contributed by atoms with Gasteiger partial charge in [-0.05, 0) is 37.5 Å². The van der Waals surface area contributed by atoms with Crippen LogP contribution in [-0.2, 0) is 19.6 Å². The SMILES string of the molecule is COc1cc(C(=O)N2CCCn3nnc(CN4CCCC4)c3C2)on1. The van der Waals surface area contributed by atoms with Crippen LogP contribution < -0.4 is 4.74 Å². The van der Waals surface area contributed by atoms with Crippen LogP contribution in [0.5, 0.6) is 5.88 Å². The van der Waals surface area contributed by atoms with Gasteiger partial charge in [0.15, 0.2) is 0 Å². The minimum atomic E-state index is -0.183. The van der Waals surface area contributed by atoms with E-state index in [1.165, 1.54) is 26.0 Å². The second-order valence-corrected chi connectivity index (χ2v) is 6.50. The first-order chi connectivity index (χ1) is 12.2. The van der Waals surface area contributed by atoms with Gasteiger partial charge in [-0.15, -0.1) is 5.10 Å². The average Bonchev–Trinajstić information content (AvgIpc) is 3.35. The molecule has 0 bridgehead atoms. The van der Waals surface area contributed by atoms with Gasteiger partial charge in [-0.2, -0.15) is 0 Å². The van der Waals surface area contributed by atoms with E-state index in [1.807, 2.05) is 4.68 Å². The Morgan fingerprint density at radius 2 is 2.08 bits per heavy atom. The third-order valence-corrected chi connectivity index (χ3v) is 4.82. The summed E-state index contributed by atoms with van der Waals surface area (Å²) >= 11 is 0. The van der Waals surface area contributed by atoms with Crippen LogP contribution in [0.15, 0.2) is 10.6 Å². The molecule has 134 valence electrons. The molecule has 0 spiro atoms. The largest absolute Gasteiger partial charge is 0.479 e. The summed E-state index contributed by atoms with van der Waals surface area (Å²) in [4.78, 5) is 16.9. The van der Waals surface area contributed by atoms with Crippen molar-refractivity contribution in [3.05, 3.63) is 23.2 Å². The summed E-state index contributed by atoms with van der Waals surface area (Å²) in [6.07, 6.45) is 3.30. The Morgan fingerprint density at radius 3 is 2.84 bits per heavy atom. The molecule has 2 aromatic heterocycles. The normalized spacial score (nSPS) is 18.2. The summed E-state index contributed by atoms with van der Waals surface area (Å²) in [5, 5.41) is 12.4. The van der Waals surface area contributed by atoms with Crippen LogP contribution in [0.1, 0.15) is 41.2 Å². The summed E-state index contributed by atoms with van der Waals surface area (Å²) in [6.45, 7) is 4.91. The first kappa shape index (κ1) is 16.1. The number of ether oxygens (including phenoxy) is 1. The predicted molar refractivity (Wildman–Crippen MR) is 86.9 cm³/mol. The van der Waals surface area contributed by atoms with Crippen molar-refractivity contribution in [1.29, 1.82) is 0 Å². The van der Waals surface area contributed by atoms with Crippen molar-refractivity contribution < 1.29 is 14.1 Å². The number of methoxy groups -OCH3 is 1. The Morgan fingerprint density at radius 1 is 1.24 bits per heavy atom. The molecular formula is C16H22N6O3. The van der Waals surface area contributed by atoms with Gasteiger partial charge in [-0.25, -0.2) is 4.68 Å². The van der Waals surface area contributed by atoms with Crippen molar-refractivity contribution in [1.82, 2.24) is 30.0 Å². The van der Waals surface area contributed by atoms with Crippen LogP contribution in [0, 0.1) is 0 Å². The molecular weight excluding hydrogens is 324 g/mol. The van der Waals surface area contributed by atoms with Crippen LogP contribution >= 0.6 is 0 Å². The Balaban J connectivity index is 1.53. The number of nitrogens with zero attached hydrogens (tertiary/aromatic N) is 6. The lowest BCUT2D eigenvalue weighted by Gasteiger charge is -2.19. The molecule has 25 heavy (non-hydrogen) atoms. The molecule has 0 atom stereocenters. The number of aryl methyl sites for hydroxylation is 1. The summed E-state index contributed by atoms with van der Waals surface area (Å²) in [7, 11) is 1.49. The van der Waals surface area contributed by atoms with Gasteiger partial charge in [0.05, 0.1) is 25.4 Å². The zero-order valence-corrected chi connectivity index (χ0v) is 14.3. The Hall–Kier alpha value is -2.42. The van der Waals surface area contributed by atoms with Gasteiger partial charge in [0.1, 0.15) is 5.69 Å². The van der Waals surface area contributed by atoms with E-state index in [4.69, 9.17) is 9.26 Å². The molecule has 0 radical (unpaired) electrons. The molecule has 9 nitrogen and oxygen atoms in total. The van der Waals surface area contributed by atoms with Crippen LogP contribution in [0.4, 0.5) is 0 Å². The maximum Gasteiger partial charge on any atom is 0.292 e. The molecule has 0 aliphatic carbocycles. The van der Waals surface area contributed by atoms with E-state index in [1.54, 1.807) is 4.90 Å². The number of aromatic nitrogens is 4. The number of fused-ring (bicyclic) bond motifs is 1. The highest BCUT2D eigenvalue weighted by Gasteiger charge is 2.27. The van der Waals surface area contributed by atoms with Crippen molar-refractivity contribution in [2.75, 3.05) is 26.7 Å². The van der Waals surface area contributed by atoms with Gasteiger partial charge >= 0.3 is 0 Å². The fraction of sp³-hybridized carbons (Fsp3) is 0.625. The minimum Gasteiger partial charge on any atom is -0.479 e. The van der Waals surface area contributed by atoms with Crippen LogP contribution in [-0.4, -0.2) is 62.6 Å². The first-order valence-corrected chi connectivity index (χ1v) is 8.68. The van der Waals surface area contributed by atoms with Gasteiger partial charge in [-0.3, -0.25) is 9.69 Å². The zero-order chi connectivity index (χ0) is 17.2. The molecule has 0 saturated carbocycles. The maximum atomic E-state index is 12.7. The second-order valence-electron chi connectivity index (χ2n) is 6.50. The van der Waals surface area contributed by atoms with Gasteiger partial charge in [0.25, 0.3) is 11.8 Å². The van der Waals surface area contributed by atoms with Gasteiger partial charge in [0, 0.05) is 19.6 Å². The number of amides is 1. The van der Waals surface area contributed by atoms with E-state index in [9.17, 15) is 4.79 Å². The van der Waals surface area contributed by atoms with E-state index in [-0.39, 0.29) is 11.7 Å².